The van der Waals surface area contributed by atoms with E-state index >= 15 is 0 Å². The SMILES string of the molecule is C#Cc1cccc(C(=O)Nc2c(-c3cc(O)ccc3C3(c4ccc(O)cc4-c4ccc(O)c(C#C)c4NC(=O)c4cccc(C#C)c4)c4cc(C56CC7CC(C)(CC(C)(C7)C5)C6)ccc4-c4ccc(C56CC7CC(C)(CC(C)(C7)C5)C6)cc43)ccc(O)c2C#C)c1. The van der Waals surface area contributed by atoms with Crippen LogP contribution in [0.1, 0.15) is 181 Å². The monoisotopic (exact) mass is 1190 g/mol. The van der Waals surface area contributed by atoms with Crippen LogP contribution >= 0.6 is 0 Å². The quantitative estimate of drug-likeness (QED) is 0.0754. The maximum Gasteiger partial charge on any atom is 0.255 e. The number of phenols is 4. The van der Waals surface area contributed by atoms with E-state index in [-0.39, 0.29) is 89.1 Å². The number of hydrogen-bond acceptors (Lipinski definition) is 6. The van der Waals surface area contributed by atoms with Gasteiger partial charge in [0.05, 0.1) is 27.9 Å². The summed E-state index contributed by atoms with van der Waals surface area (Å²) in [7, 11) is 0. The molecule has 0 radical (unpaired) electrons. The highest BCUT2D eigenvalue weighted by molar-refractivity contribution is 6.10. The van der Waals surface area contributed by atoms with Crippen LogP contribution in [-0.2, 0) is 16.2 Å². The number of amides is 2. The second-order valence-corrected chi connectivity index (χ2v) is 30.0. The van der Waals surface area contributed by atoms with Crippen LogP contribution in [0.5, 0.6) is 23.0 Å². The van der Waals surface area contributed by atoms with Crippen molar-refractivity contribution in [3.63, 3.8) is 0 Å². The van der Waals surface area contributed by atoms with Gasteiger partial charge in [0, 0.05) is 33.4 Å². The molecule has 9 aliphatic carbocycles. The lowest BCUT2D eigenvalue weighted by Gasteiger charge is -2.65. The van der Waals surface area contributed by atoms with Gasteiger partial charge in [0.15, 0.2) is 0 Å². The lowest BCUT2D eigenvalue weighted by atomic mass is 9.39. The van der Waals surface area contributed by atoms with Gasteiger partial charge in [-0.05, 0) is 262 Å². The van der Waals surface area contributed by atoms with Crippen molar-refractivity contribution in [3.8, 4) is 106 Å². The summed E-state index contributed by atoms with van der Waals surface area (Å²) in [4.78, 5) is 29.6. The van der Waals surface area contributed by atoms with Crippen molar-refractivity contribution in [2.45, 2.75) is 121 Å². The summed E-state index contributed by atoms with van der Waals surface area (Å²) in [5, 5.41) is 54.3. The molecule has 4 atom stereocenters. The first-order valence-corrected chi connectivity index (χ1v) is 31.9. The molecule has 4 unspecified atom stereocenters. The Morgan fingerprint density at radius 2 is 0.791 bits per heavy atom. The molecule has 9 aliphatic rings. The van der Waals surface area contributed by atoms with Gasteiger partial charge in [-0.3, -0.25) is 9.59 Å². The van der Waals surface area contributed by atoms with Crippen LogP contribution < -0.4 is 10.6 Å². The number of fused-ring (bicyclic) bond motifs is 3. The van der Waals surface area contributed by atoms with Crippen molar-refractivity contribution in [1.82, 2.24) is 0 Å². The lowest BCUT2D eigenvalue weighted by Crippen LogP contribution is -2.56. The third-order valence-electron chi connectivity index (χ3n) is 22.7. The van der Waals surface area contributed by atoms with Gasteiger partial charge in [-0.1, -0.05) is 112 Å². The third-order valence-corrected chi connectivity index (χ3v) is 22.7. The van der Waals surface area contributed by atoms with Gasteiger partial charge in [-0.15, -0.1) is 25.7 Å². The minimum absolute atomic E-state index is 0.0242. The third kappa shape index (κ3) is 8.93. The lowest BCUT2D eigenvalue weighted by molar-refractivity contribution is -0.110. The number of terminal acetylenes is 4. The topological polar surface area (TPSA) is 139 Å². The predicted molar refractivity (Wildman–Crippen MR) is 360 cm³/mol. The van der Waals surface area contributed by atoms with E-state index in [1.807, 2.05) is 12.1 Å². The molecule has 8 fully saturated rings. The predicted octanol–water partition coefficient (Wildman–Crippen LogP) is 17.1. The fourth-order valence-corrected chi connectivity index (χ4v) is 21.5. The molecule has 8 bridgehead atoms. The maximum absolute atomic E-state index is 14.8. The number of rotatable bonds is 10. The summed E-state index contributed by atoms with van der Waals surface area (Å²) in [5.41, 5.74) is 10.4. The number of carbonyl (C=O) groups is 2. The summed E-state index contributed by atoms with van der Waals surface area (Å²) in [6.45, 7) is 10.0. The first-order chi connectivity index (χ1) is 43.5. The molecule has 6 N–H and O–H groups in total. The summed E-state index contributed by atoms with van der Waals surface area (Å²) in [5.74, 6) is 10.1. The molecule has 8 saturated carbocycles. The van der Waals surface area contributed by atoms with Crippen LogP contribution in [0, 0.1) is 82.9 Å². The molecule has 17 rings (SSSR count). The first kappa shape index (κ1) is 57.6. The second kappa shape index (κ2) is 20.1. The summed E-state index contributed by atoms with van der Waals surface area (Å²) in [6.07, 6.45) is 38.1. The van der Waals surface area contributed by atoms with Gasteiger partial charge in [-0.2, -0.15) is 0 Å². The summed E-state index contributed by atoms with van der Waals surface area (Å²) in [6, 6.07) is 45.1. The van der Waals surface area contributed by atoms with Crippen molar-refractivity contribution >= 4 is 23.2 Å². The average Bonchev–Trinajstić information content (AvgIpc) is 1.63. The van der Waals surface area contributed by atoms with Crippen molar-refractivity contribution in [3.05, 3.63) is 212 Å². The number of hydrogen-bond donors (Lipinski definition) is 6. The highest BCUT2D eigenvalue weighted by atomic mass is 16.3. The van der Waals surface area contributed by atoms with Gasteiger partial charge < -0.3 is 31.1 Å². The molecule has 8 nitrogen and oxygen atoms in total. The molecule has 0 spiro atoms. The highest BCUT2D eigenvalue weighted by Crippen LogP contribution is 2.73. The Labute approximate surface area is 533 Å². The normalized spacial score (nSPS) is 27.2. The largest absolute Gasteiger partial charge is 0.508 e. The summed E-state index contributed by atoms with van der Waals surface area (Å²) >= 11 is 0. The minimum atomic E-state index is -1.41. The fraction of sp³-hybridized carbons (Fsp3) is 0.301. The number of benzene rings is 8. The Morgan fingerprint density at radius 1 is 0.407 bits per heavy atom. The molecule has 8 heteroatoms. The van der Waals surface area contributed by atoms with Gasteiger partial charge >= 0.3 is 0 Å². The standard InChI is InChI=1S/C83H72N2O6/c1-9-49-15-13-17-53(31-49)75(90)84-73-59(11-3)71(88)29-25-63(73)65-35-57(86)21-27-67(65)83(68-28-22-58(87)36-66(68)64-26-30-72(89)60(12-4)74(64)85-76(91)54-18-14-16-50(10-2)32-54)69-33-55(81-41-51-37-77(5,45-81)43-78(6,38-51)46-81)19-23-61(69)62-24-20-56(34-70(62)83)82-42-52-39-79(7,47-82)44-80(8,40-52)48-82/h1-4,13-36,51-52,86-89H,37-48H2,5-8H3,(H,84,90)(H,85,91). The fourth-order valence-electron chi connectivity index (χ4n) is 21.5. The second-order valence-electron chi connectivity index (χ2n) is 30.0. The van der Waals surface area contributed by atoms with Crippen molar-refractivity contribution in [1.29, 1.82) is 0 Å². The Kier molecular flexibility index (Phi) is 12.7. The van der Waals surface area contributed by atoms with Crippen molar-refractivity contribution in [2.75, 3.05) is 10.6 Å². The van der Waals surface area contributed by atoms with E-state index in [1.54, 1.807) is 84.9 Å². The van der Waals surface area contributed by atoms with Crippen LogP contribution in [0.2, 0.25) is 0 Å². The van der Waals surface area contributed by atoms with Gasteiger partial charge in [0.1, 0.15) is 23.0 Å². The Balaban J connectivity index is 1.07. The van der Waals surface area contributed by atoms with E-state index in [0.717, 1.165) is 60.8 Å². The number of carbonyl (C=O) groups excluding carboxylic acids is 2. The summed E-state index contributed by atoms with van der Waals surface area (Å²) < 4.78 is 0. The van der Waals surface area contributed by atoms with Crippen LogP contribution in [0.3, 0.4) is 0 Å². The van der Waals surface area contributed by atoms with E-state index in [2.05, 4.69) is 98.4 Å². The van der Waals surface area contributed by atoms with E-state index in [0.29, 0.717) is 56.3 Å². The van der Waals surface area contributed by atoms with Gasteiger partial charge in [0.2, 0.25) is 0 Å². The Bertz CT molecular complexity index is 4370. The zero-order valence-electron chi connectivity index (χ0n) is 51.9. The molecule has 91 heavy (non-hydrogen) atoms. The molecular formula is C83H72N2O6. The molecule has 2 amide bonds. The van der Waals surface area contributed by atoms with Crippen LogP contribution in [0.25, 0.3) is 33.4 Å². The van der Waals surface area contributed by atoms with Crippen LogP contribution in [0.4, 0.5) is 11.4 Å². The van der Waals surface area contributed by atoms with E-state index in [4.69, 9.17) is 25.7 Å². The smallest absolute Gasteiger partial charge is 0.255 e. The van der Waals surface area contributed by atoms with Crippen LogP contribution in [-0.4, -0.2) is 32.2 Å². The van der Waals surface area contributed by atoms with E-state index in [1.165, 1.54) is 61.8 Å². The molecular weight excluding hydrogens is 1120 g/mol. The minimum Gasteiger partial charge on any atom is -0.508 e. The average molecular weight is 1190 g/mol. The molecule has 8 aromatic carbocycles. The number of aromatic hydroxyl groups is 4. The van der Waals surface area contributed by atoms with Crippen molar-refractivity contribution in [2.24, 2.45) is 33.5 Å². The molecule has 0 aromatic heterocycles. The Morgan fingerprint density at radius 3 is 1.15 bits per heavy atom. The zero-order valence-corrected chi connectivity index (χ0v) is 51.9. The number of anilines is 2. The number of phenolic OH excluding ortho intramolecular Hbond substituents is 4. The van der Waals surface area contributed by atoms with E-state index < -0.39 is 17.2 Å². The molecule has 0 aliphatic heterocycles. The highest BCUT2D eigenvalue weighted by Gasteiger charge is 2.63. The Hall–Kier alpha value is -9.86. The van der Waals surface area contributed by atoms with E-state index in [9.17, 15) is 30.0 Å². The van der Waals surface area contributed by atoms with Gasteiger partial charge in [-0.25, -0.2) is 0 Å². The van der Waals surface area contributed by atoms with Crippen LogP contribution in [0.15, 0.2) is 146 Å². The first-order valence-electron chi connectivity index (χ1n) is 31.9. The molecule has 450 valence electrons. The molecule has 0 heterocycles. The van der Waals surface area contributed by atoms with Gasteiger partial charge in [0.25, 0.3) is 11.8 Å². The van der Waals surface area contributed by atoms with Crippen molar-refractivity contribution < 1.29 is 30.0 Å². The zero-order chi connectivity index (χ0) is 63.4. The molecule has 8 aromatic rings. The molecule has 0 saturated heterocycles. The number of nitrogens with one attached hydrogen (secondary N) is 2. The maximum atomic E-state index is 14.8.